The molecule has 23 heavy (non-hydrogen) atoms. The predicted octanol–water partition coefficient (Wildman–Crippen LogP) is 2.50. The molecule has 0 spiro atoms. The van der Waals surface area contributed by atoms with Crippen LogP contribution in [-0.2, 0) is 14.3 Å². The third-order valence-corrected chi connectivity index (χ3v) is 3.81. The maximum absolute atomic E-state index is 12.0. The van der Waals surface area contributed by atoms with Crippen LogP contribution in [0.1, 0.15) is 71.1 Å². The van der Waals surface area contributed by atoms with Crippen molar-refractivity contribution in [1.29, 1.82) is 0 Å². The number of carboxylic acid groups (broad SMARTS) is 1. The summed E-state index contributed by atoms with van der Waals surface area (Å²) in [6.45, 7) is 1.50. The first kappa shape index (κ1) is 21.9. The molecule has 0 aliphatic rings. The topological polar surface area (TPSA) is 104 Å². The van der Waals surface area contributed by atoms with E-state index in [-0.39, 0.29) is 24.9 Å². The summed E-state index contributed by atoms with van der Waals surface area (Å²) in [5, 5.41) is 26.5. The highest BCUT2D eigenvalue weighted by molar-refractivity contribution is 5.72. The molecule has 0 fully saturated rings. The molecule has 3 N–H and O–H groups in total. The van der Waals surface area contributed by atoms with Crippen LogP contribution in [-0.4, -0.2) is 46.6 Å². The van der Waals surface area contributed by atoms with Crippen molar-refractivity contribution in [3.05, 3.63) is 0 Å². The zero-order valence-electron chi connectivity index (χ0n) is 14.2. The number of carbonyl (C=O) groups excluding carboxylic acids is 1. The lowest BCUT2D eigenvalue weighted by Crippen LogP contribution is -2.25. The third-order valence-electron chi connectivity index (χ3n) is 3.81. The number of aliphatic hydroxyl groups excluding tert-OH is 2. The molecule has 0 bridgehead atoms. The highest BCUT2D eigenvalue weighted by Gasteiger charge is 2.20. The Balaban J connectivity index is 3.94. The summed E-state index contributed by atoms with van der Waals surface area (Å²) in [5.41, 5.74) is 0. The van der Waals surface area contributed by atoms with Crippen molar-refractivity contribution >= 4 is 11.9 Å². The van der Waals surface area contributed by atoms with Gasteiger partial charge in [0.2, 0.25) is 0 Å². The fourth-order valence-electron chi connectivity index (χ4n) is 2.38. The summed E-state index contributed by atoms with van der Waals surface area (Å²) in [7, 11) is 0. The predicted molar refractivity (Wildman–Crippen MR) is 87.0 cm³/mol. The van der Waals surface area contributed by atoms with E-state index in [2.05, 4.69) is 6.92 Å². The van der Waals surface area contributed by atoms with Crippen LogP contribution < -0.4 is 0 Å². The van der Waals surface area contributed by atoms with Gasteiger partial charge in [-0.1, -0.05) is 45.4 Å². The van der Waals surface area contributed by atoms with Gasteiger partial charge < -0.3 is 20.1 Å². The lowest BCUT2D eigenvalue weighted by atomic mass is 9.95. The molecule has 0 aliphatic heterocycles. The molecule has 6 heteroatoms. The highest BCUT2D eigenvalue weighted by Crippen LogP contribution is 2.19. The average Bonchev–Trinajstić information content (AvgIpc) is 2.53. The summed E-state index contributed by atoms with van der Waals surface area (Å²) >= 11 is 0. The number of carbonyl (C=O) groups is 2. The van der Waals surface area contributed by atoms with Crippen LogP contribution in [0.2, 0.25) is 0 Å². The van der Waals surface area contributed by atoms with E-state index >= 15 is 0 Å². The molecule has 0 radical (unpaired) electrons. The maximum atomic E-state index is 12.0. The quantitative estimate of drug-likeness (QED) is 0.314. The van der Waals surface area contributed by atoms with E-state index in [0.29, 0.717) is 6.42 Å². The number of rotatable bonds is 15. The first-order chi connectivity index (χ1) is 11.0. The van der Waals surface area contributed by atoms with Crippen molar-refractivity contribution in [2.75, 3.05) is 13.2 Å². The average molecular weight is 332 g/mol. The van der Waals surface area contributed by atoms with E-state index in [1.54, 1.807) is 0 Å². The van der Waals surface area contributed by atoms with Gasteiger partial charge in [0.1, 0.15) is 12.7 Å². The second kappa shape index (κ2) is 14.5. The van der Waals surface area contributed by atoms with E-state index in [4.69, 9.17) is 14.9 Å². The van der Waals surface area contributed by atoms with Crippen LogP contribution in [0.3, 0.4) is 0 Å². The van der Waals surface area contributed by atoms with Gasteiger partial charge in [0.15, 0.2) is 0 Å². The first-order valence-electron chi connectivity index (χ1n) is 8.68. The van der Waals surface area contributed by atoms with Crippen molar-refractivity contribution in [1.82, 2.24) is 0 Å². The Hall–Kier alpha value is -1.14. The number of esters is 1. The molecule has 0 heterocycles. The van der Waals surface area contributed by atoms with Gasteiger partial charge in [-0.2, -0.15) is 0 Å². The minimum atomic E-state index is -1.01. The molecule has 136 valence electrons. The molecule has 0 aromatic heterocycles. The Bertz CT molecular complexity index is 318. The normalized spacial score (nSPS) is 13.5. The fraction of sp³-hybridized carbons (Fsp3) is 0.882. The molecule has 2 atom stereocenters. The molecular weight excluding hydrogens is 300 g/mol. The minimum absolute atomic E-state index is 0.153. The monoisotopic (exact) mass is 332 g/mol. The lowest BCUT2D eigenvalue weighted by Gasteiger charge is -2.17. The molecule has 0 amide bonds. The minimum Gasteiger partial charge on any atom is -0.481 e. The Morgan fingerprint density at radius 2 is 1.61 bits per heavy atom. The number of unbranched alkanes of at least 4 members (excludes halogenated alkanes) is 5. The summed E-state index contributed by atoms with van der Waals surface area (Å²) in [6, 6.07) is 0. The van der Waals surface area contributed by atoms with E-state index < -0.39 is 18.7 Å². The molecular formula is C17H32O6. The molecule has 6 nitrogen and oxygen atoms in total. The zero-order chi connectivity index (χ0) is 17.5. The van der Waals surface area contributed by atoms with E-state index in [1.165, 1.54) is 0 Å². The molecule has 0 aliphatic carbocycles. The van der Waals surface area contributed by atoms with Gasteiger partial charge in [-0.15, -0.1) is 0 Å². The van der Waals surface area contributed by atoms with Gasteiger partial charge in [-0.3, -0.25) is 9.59 Å². The van der Waals surface area contributed by atoms with Gasteiger partial charge in [0, 0.05) is 6.42 Å². The van der Waals surface area contributed by atoms with Crippen LogP contribution in [0, 0.1) is 5.92 Å². The van der Waals surface area contributed by atoms with Crippen LogP contribution in [0.25, 0.3) is 0 Å². The Morgan fingerprint density at radius 1 is 1.00 bits per heavy atom. The third kappa shape index (κ3) is 13.0. The van der Waals surface area contributed by atoms with Gasteiger partial charge in [-0.05, 0) is 19.3 Å². The number of ether oxygens (including phenoxy) is 1. The SMILES string of the molecule is CCCCC(CCCCCCCC(=O)O)C(=O)OCC(O)CO. The van der Waals surface area contributed by atoms with Crippen molar-refractivity contribution in [2.24, 2.45) is 5.92 Å². The largest absolute Gasteiger partial charge is 0.481 e. The number of aliphatic carboxylic acids is 1. The van der Waals surface area contributed by atoms with Crippen LogP contribution in [0.5, 0.6) is 0 Å². The van der Waals surface area contributed by atoms with Crippen molar-refractivity contribution < 1.29 is 29.6 Å². The lowest BCUT2D eigenvalue weighted by molar-refractivity contribution is -0.152. The number of carboxylic acids is 1. The molecule has 0 saturated heterocycles. The van der Waals surface area contributed by atoms with Gasteiger partial charge in [0.25, 0.3) is 0 Å². The zero-order valence-corrected chi connectivity index (χ0v) is 14.2. The number of hydrogen-bond acceptors (Lipinski definition) is 5. The second-order valence-electron chi connectivity index (χ2n) is 6.01. The Labute approximate surface area is 138 Å². The van der Waals surface area contributed by atoms with Crippen molar-refractivity contribution in [2.45, 2.75) is 77.2 Å². The Kier molecular flexibility index (Phi) is 13.7. The first-order valence-corrected chi connectivity index (χ1v) is 8.68. The Morgan fingerprint density at radius 3 is 2.22 bits per heavy atom. The summed E-state index contributed by atoms with van der Waals surface area (Å²) in [4.78, 5) is 22.4. The van der Waals surface area contributed by atoms with Crippen molar-refractivity contribution in [3.8, 4) is 0 Å². The maximum Gasteiger partial charge on any atom is 0.309 e. The smallest absolute Gasteiger partial charge is 0.309 e. The number of hydrogen-bond donors (Lipinski definition) is 3. The summed E-state index contributed by atoms with van der Waals surface area (Å²) in [5.74, 6) is -1.20. The summed E-state index contributed by atoms with van der Waals surface area (Å²) < 4.78 is 5.06. The van der Waals surface area contributed by atoms with Gasteiger partial charge in [0.05, 0.1) is 12.5 Å². The van der Waals surface area contributed by atoms with E-state index in [0.717, 1.165) is 51.4 Å². The fourth-order valence-corrected chi connectivity index (χ4v) is 2.38. The standard InChI is InChI=1S/C17H32O6/c1-2-3-9-14(17(22)23-13-15(19)12-18)10-7-5-4-6-8-11-16(20)21/h14-15,18-19H,2-13H2,1H3,(H,20,21). The van der Waals surface area contributed by atoms with Crippen LogP contribution in [0.4, 0.5) is 0 Å². The molecule has 0 aromatic carbocycles. The molecule has 0 saturated carbocycles. The summed E-state index contributed by atoms with van der Waals surface area (Å²) in [6.07, 6.45) is 7.20. The number of aliphatic hydroxyl groups is 2. The molecule has 2 unspecified atom stereocenters. The van der Waals surface area contributed by atoms with Crippen LogP contribution in [0.15, 0.2) is 0 Å². The van der Waals surface area contributed by atoms with Crippen LogP contribution >= 0.6 is 0 Å². The second-order valence-corrected chi connectivity index (χ2v) is 6.01. The van der Waals surface area contributed by atoms with Gasteiger partial charge >= 0.3 is 11.9 Å². The highest BCUT2D eigenvalue weighted by atomic mass is 16.5. The van der Waals surface area contributed by atoms with Gasteiger partial charge in [-0.25, -0.2) is 0 Å². The molecule has 0 rings (SSSR count). The van der Waals surface area contributed by atoms with E-state index in [1.807, 2.05) is 0 Å². The molecule has 0 aromatic rings. The van der Waals surface area contributed by atoms with E-state index in [9.17, 15) is 14.7 Å². The van der Waals surface area contributed by atoms with Crippen molar-refractivity contribution in [3.63, 3.8) is 0 Å².